The van der Waals surface area contributed by atoms with Crippen molar-refractivity contribution in [2.45, 2.75) is 23.4 Å². The van der Waals surface area contributed by atoms with Crippen molar-refractivity contribution < 1.29 is 47.9 Å². The predicted molar refractivity (Wildman–Crippen MR) is 88.8 cm³/mol. The maximum atomic E-state index is 13.1. The molecule has 164 valence electrons. The quantitative estimate of drug-likeness (QED) is 0.550. The second-order valence-electron chi connectivity index (χ2n) is 5.82. The molecule has 0 atom stereocenters. The Bertz CT molecular complexity index is 1020. The molecule has 0 spiro atoms. The van der Waals surface area contributed by atoms with Crippen LogP contribution in [0, 0.1) is 0 Å². The molecule has 0 aliphatic heterocycles. The highest BCUT2D eigenvalue weighted by molar-refractivity contribution is 7.92. The second kappa shape index (κ2) is 7.52. The van der Waals surface area contributed by atoms with Crippen molar-refractivity contribution in [1.82, 2.24) is 0 Å². The fraction of sp³-hybridized carbons (Fsp3) is 0.176. The average Bonchev–Trinajstić information content (AvgIpc) is 2.58. The van der Waals surface area contributed by atoms with Crippen molar-refractivity contribution >= 4 is 21.8 Å². The Balaban J connectivity index is 2.74. The summed E-state index contributed by atoms with van der Waals surface area (Å²) in [7, 11) is -5.10. The van der Waals surface area contributed by atoms with Gasteiger partial charge in [-0.25, -0.2) is 8.42 Å². The highest BCUT2D eigenvalue weighted by Crippen LogP contribution is 2.47. The zero-order valence-electron chi connectivity index (χ0n) is 14.4. The van der Waals surface area contributed by atoms with Crippen LogP contribution in [0.1, 0.15) is 22.3 Å². The van der Waals surface area contributed by atoms with Gasteiger partial charge in [-0.2, -0.15) is 39.5 Å². The molecule has 2 aromatic rings. The normalized spacial score (nSPS) is 13.2. The van der Waals surface area contributed by atoms with Gasteiger partial charge in [0.25, 0.3) is 10.0 Å². The Morgan fingerprint density at radius 1 is 0.767 bits per heavy atom. The molecular formula is C17H10F9NO2S. The molecule has 2 rings (SSSR count). The molecule has 0 saturated heterocycles. The highest BCUT2D eigenvalue weighted by atomic mass is 32.2. The third-order valence-electron chi connectivity index (χ3n) is 3.72. The van der Waals surface area contributed by atoms with Gasteiger partial charge in [-0.15, -0.1) is 0 Å². The first-order valence-corrected chi connectivity index (χ1v) is 9.10. The molecule has 0 saturated carbocycles. The molecule has 30 heavy (non-hydrogen) atoms. The number of anilines is 1. The van der Waals surface area contributed by atoms with Gasteiger partial charge in [0.2, 0.25) is 0 Å². The maximum Gasteiger partial charge on any atom is 0.417 e. The molecule has 2 aromatic carbocycles. The molecule has 3 nitrogen and oxygen atoms in total. The largest absolute Gasteiger partial charge is 0.417 e. The van der Waals surface area contributed by atoms with Gasteiger partial charge in [-0.1, -0.05) is 24.8 Å². The number of alkyl halides is 9. The lowest BCUT2D eigenvalue weighted by Crippen LogP contribution is -2.25. The summed E-state index contributed by atoms with van der Waals surface area (Å²) in [6.07, 6.45) is -16.5. The van der Waals surface area contributed by atoms with E-state index in [1.807, 2.05) is 0 Å². The first-order chi connectivity index (χ1) is 13.5. The van der Waals surface area contributed by atoms with Crippen molar-refractivity contribution in [3.63, 3.8) is 0 Å². The molecular weight excluding hydrogens is 453 g/mol. The monoisotopic (exact) mass is 463 g/mol. The molecule has 0 aliphatic carbocycles. The summed E-state index contributed by atoms with van der Waals surface area (Å²) in [5, 5.41) is 0. The number of sulfonamides is 1. The van der Waals surface area contributed by atoms with Crippen molar-refractivity contribution in [2.24, 2.45) is 0 Å². The van der Waals surface area contributed by atoms with E-state index in [2.05, 4.69) is 6.58 Å². The summed E-state index contributed by atoms with van der Waals surface area (Å²) in [5.41, 5.74) is -8.29. The molecule has 0 fully saturated rings. The minimum Gasteiger partial charge on any atom is -0.280 e. The molecule has 0 bridgehead atoms. The molecule has 1 N–H and O–H groups in total. The molecule has 13 heteroatoms. The number of hydrogen-bond donors (Lipinski definition) is 1. The van der Waals surface area contributed by atoms with Gasteiger partial charge in [-0.05, 0) is 29.8 Å². The Hall–Kier alpha value is -2.70. The van der Waals surface area contributed by atoms with E-state index in [1.165, 1.54) is 18.2 Å². The minimum atomic E-state index is -6.05. The summed E-state index contributed by atoms with van der Waals surface area (Å²) >= 11 is 0. The molecule has 0 radical (unpaired) electrons. The van der Waals surface area contributed by atoms with Crippen LogP contribution >= 0.6 is 0 Å². The van der Waals surface area contributed by atoms with Crippen LogP contribution in [0.25, 0.3) is 6.08 Å². The fourth-order valence-corrected chi connectivity index (χ4v) is 3.53. The highest BCUT2D eigenvalue weighted by Gasteiger charge is 2.51. The third kappa shape index (κ3) is 5.07. The Labute approximate surface area is 163 Å². The van der Waals surface area contributed by atoms with Crippen LogP contribution in [0.2, 0.25) is 0 Å². The first-order valence-electron chi connectivity index (χ1n) is 7.62. The van der Waals surface area contributed by atoms with Crippen LogP contribution in [0.3, 0.4) is 0 Å². The number of hydrogen-bond acceptors (Lipinski definition) is 2. The standard InChI is InChI=1S/C17H10F9NO2S/c1-2-9-3-5-10(6-4-9)27-30(28,29)11-7-12(15(18,19)20)14(17(24,25)26)13(8-11)16(21,22)23/h2-8,27H,1H2. The van der Waals surface area contributed by atoms with Crippen LogP contribution in [0.4, 0.5) is 45.2 Å². The lowest BCUT2D eigenvalue weighted by atomic mass is 9.99. The Morgan fingerprint density at radius 2 is 1.20 bits per heavy atom. The number of benzene rings is 2. The second-order valence-corrected chi connectivity index (χ2v) is 7.50. The third-order valence-corrected chi connectivity index (χ3v) is 5.08. The minimum absolute atomic E-state index is 0.248. The van der Waals surface area contributed by atoms with Crippen LogP contribution < -0.4 is 4.72 Å². The Morgan fingerprint density at radius 3 is 1.53 bits per heavy atom. The van der Waals surface area contributed by atoms with Gasteiger partial charge in [0, 0.05) is 5.69 Å². The zero-order valence-corrected chi connectivity index (χ0v) is 15.2. The van der Waals surface area contributed by atoms with Crippen molar-refractivity contribution in [3.8, 4) is 0 Å². The Kier molecular flexibility index (Phi) is 5.91. The van der Waals surface area contributed by atoms with E-state index in [1.54, 1.807) is 4.72 Å². The van der Waals surface area contributed by atoms with E-state index in [0.717, 1.165) is 12.1 Å². The van der Waals surface area contributed by atoms with E-state index in [0.29, 0.717) is 5.56 Å². The van der Waals surface area contributed by atoms with Crippen LogP contribution in [-0.4, -0.2) is 8.42 Å². The van der Waals surface area contributed by atoms with Gasteiger partial charge in [0.05, 0.1) is 21.6 Å². The van der Waals surface area contributed by atoms with E-state index >= 15 is 0 Å². The molecule has 0 amide bonds. The summed E-state index contributed by atoms with van der Waals surface area (Å²) in [6, 6.07) is 3.96. The maximum absolute atomic E-state index is 13.1. The van der Waals surface area contributed by atoms with Gasteiger partial charge >= 0.3 is 18.5 Å². The molecule has 0 unspecified atom stereocenters. The average molecular weight is 463 g/mol. The summed E-state index contributed by atoms with van der Waals surface area (Å²) in [5.74, 6) is 0. The number of nitrogens with one attached hydrogen (secondary N) is 1. The molecule has 0 heterocycles. The fourth-order valence-electron chi connectivity index (χ4n) is 2.42. The first kappa shape index (κ1) is 23.6. The van der Waals surface area contributed by atoms with Gasteiger partial charge in [0.1, 0.15) is 0 Å². The summed E-state index contributed by atoms with van der Waals surface area (Å²) in [6.45, 7) is 3.43. The number of rotatable bonds is 4. The smallest absolute Gasteiger partial charge is 0.280 e. The topological polar surface area (TPSA) is 46.2 Å². The van der Waals surface area contributed by atoms with Crippen molar-refractivity contribution in [2.75, 3.05) is 4.72 Å². The van der Waals surface area contributed by atoms with Gasteiger partial charge in [-0.3, -0.25) is 4.72 Å². The van der Waals surface area contributed by atoms with Crippen LogP contribution in [0.5, 0.6) is 0 Å². The zero-order chi connectivity index (χ0) is 23.1. The molecule has 0 aromatic heterocycles. The van der Waals surface area contributed by atoms with Crippen LogP contribution in [0.15, 0.2) is 47.9 Å². The van der Waals surface area contributed by atoms with Crippen LogP contribution in [-0.2, 0) is 28.6 Å². The van der Waals surface area contributed by atoms with E-state index in [-0.39, 0.29) is 5.69 Å². The lowest BCUT2D eigenvalue weighted by Gasteiger charge is -2.22. The van der Waals surface area contributed by atoms with E-state index < -0.39 is 62.3 Å². The van der Waals surface area contributed by atoms with E-state index in [4.69, 9.17) is 0 Å². The number of halogens is 9. The summed E-state index contributed by atoms with van der Waals surface area (Å²) in [4.78, 5) is -1.64. The lowest BCUT2D eigenvalue weighted by molar-refractivity contribution is -0.174. The van der Waals surface area contributed by atoms with E-state index in [9.17, 15) is 47.9 Å². The van der Waals surface area contributed by atoms with Crippen molar-refractivity contribution in [3.05, 3.63) is 65.2 Å². The predicted octanol–water partition coefficient (Wildman–Crippen LogP) is 6.19. The van der Waals surface area contributed by atoms with Crippen molar-refractivity contribution in [1.29, 1.82) is 0 Å². The van der Waals surface area contributed by atoms with Gasteiger partial charge in [0.15, 0.2) is 0 Å². The van der Waals surface area contributed by atoms with Gasteiger partial charge < -0.3 is 0 Å². The SMILES string of the molecule is C=Cc1ccc(NS(=O)(=O)c2cc(C(F)(F)F)c(C(F)(F)F)c(C(F)(F)F)c2)cc1. The summed E-state index contributed by atoms with van der Waals surface area (Å²) < 4.78 is 144. The molecule has 0 aliphatic rings.